The van der Waals surface area contributed by atoms with Crippen LogP contribution in [-0.4, -0.2) is 76.6 Å². The fourth-order valence-corrected chi connectivity index (χ4v) is 5.79. The molecule has 0 saturated carbocycles. The highest BCUT2D eigenvalue weighted by molar-refractivity contribution is 5.75. The van der Waals surface area contributed by atoms with E-state index in [9.17, 15) is 4.79 Å². The number of nitrogens with zero attached hydrogens (tertiary/aromatic N) is 5. The highest BCUT2D eigenvalue weighted by atomic mass is 16.2. The van der Waals surface area contributed by atoms with Gasteiger partial charge in [-0.1, -0.05) is 37.3 Å². The number of nitrogens with one attached hydrogen (secondary N) is 1. The molecule has 0 aliphatic carbocycles. The van der Waals surface area contributed by atoms with Crippen molar-refractivity contribution < 1.29 is 4.79 Å². The fraction of sp³-hybridized carbons (Fsp3) is 0.577. The molecule has 6 rings (SSSR count). The summed E-state index contributed by atoms with van der Waals surface area (Å²) in [6, 6.07) is 12.5. The second-order valence-corrected chi connectivity index (χ2v) is 10.0. The van der Waals surface area contributed by atoms with Gasteiger partial charge in [0.1, 0.15) is 0 Å². The van der Waals surface area contributed by atoms with Gasteiger partial charge in [0.2, 0.25) is 5.95 Å². The Labute approximate surface area is 197 Å². The number of benzene rings is 1. The van der Waals surface area contributed by atoms with Crippen molar-refractivity contribution >= 4 is 12.0 Å². The summed E-state index contributed by atoms with van der Waals surface area (Å²) >= 11 is 0. The average molecular weight is 449 g/mol. The summed E-state index contributed by atoms with van der Waals surface area (Å²) in [5.74, 6) is 1.34. The van der Waals surface area contributed by atoms with Crippen LogP contribution in [-0.2, 0) is 0 Å². The third-order valence-corrected chi connectivity index (χ3v) is 8.04. The summed E-state index contributed by atoms with van der Waals surface area (Å²) in [5.41, 5.74) is 1.92. The molecule has 4 fully saturated rings. The van der Waals surface area contributed by atoms with E-state index in [4.69, 9.17) is 4.98 Å². The third kappa shape index (κ3) is 4.56. The van der Waals surface area contributed by atoms with E-state index in [2.05, 4.69) is 46.1 Å². The predicted octanol–water partition coefficient (Wildman–Crippen LogP) is 3.63. The van der Waals surface area contributed by atoms with Gasteiger partial charge >= 0.3 is 6.03 Å². The predicted molar refractivity (Wildman–Crippen MR) is 131 cm³/mol. The molecule has 33 heavy (non-hydrogen) atoms. The van der Waals surface area contributed by atoms with Crippen molar-refractivity contribution in [3.63, 3.8) is 0 Å². The lowest BCUT2D eigenvalue weighted by atomic mass is 9.79. The zero-order valence-corrected chi connectivity index (χ0v) is 19.9. The first-order valence-electron chi connectivity index (χ1n) is 12.5. The Hall–Kier alpha value is -2.67. The van der Waals surface area contributed by atoms with Crippen molar-refractivity contribution in [2.45, 2.75) is 51.1 Å². The van der Waals surface area contributed by atoms with Gasteiger partial charge in [-0.05, 0) is 57.7 Å². The van der Waals surface area contributed by atoms with Crippen molar-refractivity contribution in [1.29, 1.82) is 0 Å². The number of fused-ring (bicyclic) bond motifs is 4. The van der Waals surface area contributed by atoms with E-state index in [1.807, 2.05) is 35.4 Å². The molecule has 4 saturated heterocycles. The summed E-state index contributed by atoms with van der Waals surface area (Å²) in [7, 11) is 0. The van der Waals surface area contributed by atoms with Gasteiger partial charge in [-0.2, -0.15) is 0 Å². The number of urea groups is 1. The molecule has 2 bridgehead atoms. The second kappa shape index (κ2) is 9.29. The molecule has 1 N–H and O–H groups in total. The molecular weight excluding hydrogens is 412 g/mol. The van der Waals surface area contributed by atoms with Crippen molar-refractivity contribution in [3.8, 4) is 11.3 Å². The van der Waals surface area contributed by atoms with Crippen LogP contribution in [0.25, 0.3) is 11.3 Å². The minimum absolute atomic E-state index is 0.0925. The van der Waals surface area contributed by atoms with E-state index in [1.165, 1.54) is 25.9 Å². The Morgan fingerprint density at radius 3 is 2.64 bits per heavy atom. The van der Waals surface area contributed by atoms with E-state index >= 15 is 0 Å². The molecule has 2 aromatic rings. The molecule has 2 amide bonds. The number of carbonyl (C=O) groups is 1. The monoisotopic (exact) mass is 448 g/mol. The first-order valence-corrected chi connectivity index (χ1v) is 12.5. The number of piperazine rings is 1. The molecule has 1 aromatic heterocycles. The van der Waals surface area contributed by atoms with Gasteiger partial charge in [-0.25, -0.2) is 14.8 Å². The zero-order valence-electron chi connectivity index (χ0n) is 19.9. The van der Waals surface area contributed by atoms with Gasteiger partial charge in [0.15, 0.2) is 0 Å². The van der Waals surface area contributed by atoms with Gasteiger partial charge in [0, 0.05) is 49.5 Å². The van der Waals surface area contributed by atoms with Crippen LogP contribution in [0.4, 0.5) is 10.7 Å². The molecule has 4 aliphatic rings. The maximum absolute atomic E-state index is 13.4. The zero-order chi connectivity index (χ0) is 22.8. The number of amides is 2. The van der Waals surface area contributed by atoms with E-state index in [1.54, 1.807) is 0 Å². The lowest BCUT2D eigenvalue weighted by Gasteiger charge is -2.44. The maximum Gasteiger partial charge on any atom is 0.317 e. The van der Waals surface area contributed by atoms with E-state index in [-0.39, 0.29) is 17.6 Å². The number of hydrogen-bond acceptors (Lipinski definition) is 5. The molecular formula is C26H36N6O. The average Bonchev–Trinajstić information content (AvgIpc) is 3.12. The molecule has 7 heteroatoms. The second-order valence-electron chi connectivity index (χ2n) is 10.0. The highest BCUT2D eigenvalue weighted by Crippen LogP contribution is 2.35. The van der Waals surface area contributed by atoms with E-state index in [0.29, 0.717) is 19.0 Å². The van der Waals surface area contributed by atoms with Gasteiger partial charge in [0.25, 0.3) is 0 Å². The van der Waals surface area contributed by atoms with Crippen molar-refractivity contribution in [2.75, 3.05) is 44.2 Å². The minimum Gasteiger partial charge on any atom is -0.334 e. The van der Waals surface area contributed by atoms with Crippen molar-refractivity contribution in [1.82, 2.24) is 25.1 Å². The largest absolute Gasteiger partial charge is 0.334 e. The fourth-order valence-electron chi connectivity index (χ4n) is 5.79. The van der Waals surface area contributed by atoms with Crippen LogP contribution < -0.4 is 10.2 Å². The number of anilines is 1. The lowest BCUT2D eigenvalue weighted by Crippen LogP contribution is -2.61. The van der Waals surface area contributed by atoms with Crippen LogP contribution >= 0.6 is 0 Å². The molecule has 0 spiro atoms. The first-order chi connectivity index (χ1) is 16.1. The van der Waals surface area contributed by atoms with E-state index in [0.717, 1.165) is 43.1 Å². The number of hydrogen-bond donors (Lipinski definition) is 1. The standard InChI is InChI=1S/C26H36N6O/c1-3-22-19-31(25(33)29-26(2)12-16-30-14-10-21(26)11-15-30)17-18-32(22)24-27-13-9-23(28-24)20-7-5-4-6-8-20/h4-9,13,21-22H,3,10-12,14-19H2,1-2H3,(H,29,33). The van der Waals surface area contributed by atoms with Crippen LogP contribution in [0.1, 0.15) is 39.5 Å². The Morgan fingerprint density at radius 2 is 1.88 bits per heavy atom. The van der Waals surface area contributed by atoms with Gasteiger partial charge in [-0.15, -0.1) is 0 Å². The molecule has 4 aliphatic heterocycles. The lowest BCUT2D eigenvalue weighted by molar-refractivity contribution is 0.147. The molecule has 2 unspecified atom stereocenters. The van der Waals surface area contributed by atoms with Gasteiger partial charge in [0.05, 0.1) is 5.69 Å². The third-order valence-electron chi connectivity index (χ3n) is 8.04. The summed E-state index contributed by atoms with van der Waals surface area (Å²) in [6.07, 6.45) is 6.21. The quantitative estimate of drug-likeness (QED) is 0.774. The molecule has 0 radical (unpaired) electrons. The Bertz CT molecular complexity index is 960. The highest BCUT2D eigenvalue weighted by Gasteiger charge is 2.42. The van der Waals surface area contributed by atoms with Crippen molar-refractivity contribution in [3.05, 3.63) is 42.6 Å². The molecule has 1 aromatic carbocycles. The Kier molecular flexibility index (Phi) is 6.23. The van der Waals surface area contributed by atoms with Crippen LogP contribution in [0.5, 0.6) is 0 Å². The SMILES string of the molecule is CCC1CN(C(=O)NC2(C)CCN3CCC2CC3)CCN1c1nccc(-c2ccccc2)n1. The normalized spacial score (nSPS) is 29.6. The number of piperidine rings is 1. The smallest absolute Gasteiger partial charge is 0.317 e. The number of carbonyl (C=O) groups excluding carboxylic acids is 1. The van der Waals surface area contributed by atoms with E-state index < -0.39 is 0 Å². The number of rotatable bonds is 4. The van der Waals surface area contributed by atoms with Crippen molar-refractivity contribution in [2.24, 2.45) is 5.92 Å². The Balaban J connectivity index is 1.27. The van der Waals surface area contributed by atoms with Crippen LogP contribution in [0.2, 0.25) is 0 Å². The van der Waals surface area contributed by atoms with Gasteiger partial charge in [-0.3, -0.25) is 0 Å². The van der Waals surface area contributed by atoms with Crippen LogP contribution in [0.3, 0.4) is 0 Å². The number of aromatic nitrogens is 2. The summed E-state index contributed by atoms with van der Waals surface area (Å²) in [4.78, 5) is 29.6. The van der Waals surface area contributed by atoms with Crippen LogP contribution in [0.15, 0.2) is 42.6 Å². The molecule has 5 heterocycles. The topological polar surface area (TPSA) is 64.6 Å². The molecule has 176 valence electrons. The first kappa shape index (κ1) is 22.1. The minimum atomic E-state index is -0.103. The Morgan fingerprint density at radius 1 is 1.09 bits per heavy atom. The van der Waals surface area contributed by atoms with Gasteiger partial charge < -0.3 is 20.0 Å². The van der Waals surface area contributed by atoms with Crippen LogP contribution in [0, 0.1) is 5.92 Å². The molecule has 7 nitrogen and oxygen atoms in total. The maximum atomic E-state index is 13.4. The molecule has 2 atom stereocenters. The summed E-state index contributed by atoms with van der Waals surface area (Å²) in [6.45, 7) is 10.0. The summed E-state index contributed by atoms with van der Waals surface area (Å²) in [5, 5.41) is 3.47. The summed E-state index contributed by atoms with van der Waals surface area (Å²) < 4.78 is 0.